The summed E-state index contributed by atoms with van der Waals surface area (Å²) in [7, 11) is 3.45. The van der Waals surface area contributed by atoms with Crippen LogP contribution >= 0.6 is 0 Å². The van der Waals surface area contributed by atoms with Gasteiger partial charge in [-0.05, 0) is 36.6 Å². The van der Waals surface area contributed by atoms with E-state index < -0.39 is 0 Å². The second kappa shape index (κ2) is 8.87. The fourth-order valence-electron chi connectivity index (χ4n) is 3.63. The molecule has 1 fully saturated rings. The molecule has 0 radical (unpaired) electrons. The summed E-state index contributed by atoms with van der Waals surface area (Å²) in [5.74, 6) is 0.741. The maximum absolute atomic E-state index is 13.0. The molecule has 0 bridgehead atoms. The first-order valence-corrected chi connectivity index (χ1v) is 9.53. The fraction of sp³-hybridized carbons (Fsp3) is 0.409. The first kappa shape index (κ1) is 19.9. The van der Waals surface area contributed by atoms with Crippen molar-refractivity contribution in [2.45, 2.75) is 32.9 Å². The van der Waals surface area contributed by atoms with Gasteiger partial charge >= 0.3 is 0 Å². The predicted molar refractivity (Wildman–Crippen MR) is 107 cm³/mol. The zero-order valence-corrected chi connectivity index (χ0v) is 16.7. The van der Waals surface area contributed by atoms with Crippen LogP contribution in [0.25, 0.3) is 0 Å². The number of benzene rings is 1. The monoisotopic (exact) mass is 381 g/mol. The standard InChI is InChI=1S/C22H27N3O3/c1-16-12-23-11-10-17(16)13-24(2)22(27)19-8-9-21(26)25(15-19)14-18-6-4-5-7-20(18)28-3/h4-7,10-12,19H,8-9,13-15H2,1-3H3/t19-/m0/s1. The molecule has 0 saturated carbocycles. The summed E-state index contributed by atoms with van der Waals surface area (Å²) in [5, 5.41) is 0. The third-order valence-electron chi connectivity index (χ3n) is 5.32. The second-order valence-corrected chi connectivity index (χ2v) is 7.32. The van der Waals surface area contributed by atoms with E-state index in [1.165, 1.54) is 0 Å². The van der Waals surface area contributed by atoms with Crippen LogP contribution in [0.2, 0.25) is 0 Å². The highest BCUT2D eigenvalue weighted by Crippen LogP contribution is 2.25. The molecular weight excluding hydrogens is 354 g/mol. The van der Waals surface area contributed by atoms with E-state index >= 15 is 0 Å². The van der Waals surface area contributed by atoms with Gasteiger partial charge in [0.2, 0.25) is 11.8 Å². The molecule has 148 valence electrons. The van der Waals surface area contributed by atoms with Gasteiger partial charge in [-0.15, -0.1) is 0 Å². The molecule has 3 rings (SSSR count). The zero-order valence-electron chi connectivity index (χ0n) is 16.7. The quantitative estimate of drug-likeness (QED) is 0.772. The van der Waals surface area contributed by atoms with Crippen LogP contribution in [-0.2, 0) is 22.7 Å². The number of para-hydroxylation sites is 1. The molecule has 0 N–H and O–H groups in total. The van der Waals surface area contributed by atoms with Gasteiger partial charge in [0.05, 0.1) is 13.0 Å². The third-order valence-corrected chi connectivity index (χ3v) is 5.32. The average Bonchev–Trinajstić information content (AvgIpc) is 2.71. The number of rotatable bonds is 6. The van der Waals surface area contributed by atoms with Gasteiger partial charge in [0, 0.05) is 51.1 Å². The molecule has 1 atom stereocenters. The lowest BCUT2D eigenvalue weighted by molar-refractivity contribution is -0.143. The lowest BCUT2D eigenvalue weighted by Crippen LogP contribution is -2.45. The van der Waals surface area contributed by atoms with Gasteiger partial charge < -0.3 is 14.5 Å². The molecular formula is C22H27N3O3. The molecule has 1 aliphatic heterocycles. The molecule has 1 aromatic heterocycles. The highest BCUT2D eigenvalue weighted by Gasteiger charge is 2.32. The number of nitrogens with zero attached hydrogens (tertiary/aromatic N) is 3. The van der Waals surface area contributed by atoms with Crippen molar-refractivity contribution in [3.8, 4) is 5.75 Å². The van der Waals surface area contributed by atoms with Crippen molar-refractivity contribution in [1.29, 1.82) is 0 Å². The molecule has 2 heterocycles. The smallest absolute Gasteiger partial charge is 0.227 e. The highest BCUT2D eigenvalue weighted by atomic mass is 16.5. The number of amides is 2. The van der Waals surface area contributed by atoms with Gasteiger partial charge in [-0.25, -0.2) is 0 Å². The van der Waals surface area contributed by atoms with Crippen molar-refractivity contribution < 1.29 is 14.3 Å². The highest BCUT2D eigenvalue weighted by molar-refractivity contribution is 5.83. The van der Waals surface area contributed by atoms with E-state index in [1.807, 2.05) is 50.5 Å². The lowest BCUT2D eigenvalue weighted by Gasteiger charge is -2.34. The van der Waals surface area contributed by atoms with Crippen molar-refractivity contribution in [1.82, 2.24) is 14.8 Å². The summed E-state index contributed by atoms with van der Waals surface area (Å²) in [6.45, 7) is 3.44. The van der Waals surface area contributed by atoms with E-state index in [9.17, 15) is 9.59 Å². The van der Waals surface area contributed by atoms with Crippen molar-refractivity contribution in [3.05, 3.63) is 59.4 Å². The molecule has 28 heavy (non-hydrogen) atoms. The Morgan fingerprint density at radius 1 is 1.29 bits per heavy atom. The van der Waals surface area contributed by atoms with E-state index in [2.05, 4.69) is 4.98 Å². The summed E-state index contributed by atoms with van der Waals surface area (Å²) in [6, 6.07) is 9.62. The van der Waals surface area contributed by atoms with Gasteiger partial charge in [0.15, 0.2) is 0 Å². The van der Waals surface area contributed by atoms with E-state index in [0.717, 1.165) is 22.4 Å². The molecule has 2 amide bonds. The van der Waals surface area contributed by atoms with E-state index in [4.69, 9.17) is 4.74 Å². The van der Waals surface area contributed by atoms with Crippen LogP contribution in [-0.4, -0.2) is 47.3 Å². The van der Waals surface area contributed by atoms with Crippen LogP contribution in [0.4, 0.5) is 0 Å². The summed E-state index contributed by atoms with van der Waals surface area (Å²) in [5.41, 5.74) is 3.11. The van der Waals surface area contributed by atoms with Crippen LogP contribution in [0.1, 0.15) is 29.5 Å². The van der Waals surface area contributed by atoms with Crippen molar-refractivity contribution in [2.75, 3.05) is 20.7 Å². The minimum atomic E-state index is -0.181. The Morgan fingerprint density at radius 3 is 2.82 bits per heavy atom. The molecule has 1 saturated heterocycles. The minimum Gasteiger partial charge on any atom is -0.496 e. The normalized spacial score (nSPS) is 16.8. The minimum absolute atomic E-state index is 0.0775. The fourth-order valence-corrected chi connectivity index (χ4v) is 3.63. The van der Waals surface area contributed by atoms with Crippen molar-refractivity contribution >= 4 is 11.8 Å². The number of pyridine rings is 1. The number of hydrogen-bond acceptors (Lipinski definition) is 4. The van der Waals surface area contributed by atoms with Crippen LogP contribution in [0, 0.1) is 12.8 Å². The third kappa shape index (κ3) is 4.50. The predicted octanol–water partition coefficient (Wildman–Crippen LogP) is 2.80. The van der Waals surface area contributed by atoms with Gasteiger partial charge in [-0.1, -0.05) is 18.2 Å². The Morgan fingerprint density at radius 2 is 2.07 bits per heavy atom. The van der Waals surface area contributed by atoms with Crippen LogP contribution in [0.15, 0.2) is 42.7 Å². The number of methoxy groups -OCH3 is 1. The maximum atomic E-state index is 13.0. The molecule has 0 unspecified atom stereocenters. The van der Waals surface area contributed by atoms with Gasteiger partial charge in [-0.3, -0.25) is 14.6 Å². The summed E-state index contributed by atoms with van der Waals surface area (Å²) < 4.78 is 5.39. The van der Waals surface area contributed by atoms with E-state index in [-0.39, 0.29) is 17.7 Å². The number of piperidine rings is 1. The Labute approximate surface area is 166 Å². The van der Waals surface area contributed by atoms with E-state index in [0.29, 0.717) is 32.5 Å². The molecule has 6 nitrogen and oxygen atoms in total. The van der Waals surface area contributed by atoms with Crippen LogP contribution in [0.5, 0.6) is 5.75 Å². The number of ether oxygens (including phenoxy) is 1. The topological polar surface area (TPSA) is 62.7 Å². The first-order chi connectivity index (χ1) is 13.5. The van der Waals surface area contributed by atoms with Gasteiger partial charge in [0.1, 0.15) is 5.75 Å². The number of aryl methyl sites for hydroxylation is 1. The van der Waals surface area contributed by atoms with Crippen LogP contribution < -0.4 is 4.74 Å². The first-order valence-electron chi connectivity index (χ1n) is 9.53. The SMILES string of the molecule is COc1ccccc1CN1C[C@@H](C(=O)N(C)Cc2ccncc2C)CCC1=O. The molecule has 0 spiro atoms. The molecule has 6 heteroatoms. The summed E-state index contributed by atoms with van der Waals surface area (Å²) >= 11 is 0. The largest absolute Gasteiger partial charge is 0.496 e. The van der Waals surface area contributed by atoms with Crippen molar-refractivity contribution in [2.24, 2.45) is 5.92 Å². The number of likely N-dealkylation sites (tertiary alicyclic amines) is 1. The average molecular weight is 381 g/mol. The number of hydrogen-bond donors (Lipinski definition) is 0. The molecule has 0 aliphatic carbocycles. The summed E-state index contributed by atoms with van der Waals surface area (Å²) in [4.78, 5) is 33.0. The van der Waals surface area contributed by atoms with Gasteiger partial charge in [0.25, 0.3) is 0 Å². The maximum Gasteiger partial charge on any atom is 0.227 e. The Kier molecular flexibility index (Phi) is 6.29. The number of aromatic nitrogens is 1. The van der Waals surface area contributed by atoms with Crippen LogP contribution in [0.3, 0.4) is 0 Å². The van der Waals surface area contributed by atoms with Gasteiger partial charge in [-0.2, -0.15) is 0 Å². The Balaban J connectivity index is 1.67. The summed E-state index contributed by atoms with van der Waals surface area (Å²) in [6.07, 6.45) is 4.55. The Hall–Kier alpha value is -2.89. The second-order valence-electron chi connectivity index (χ2n) is 7.32. The molecule has 1 aliphatic rings. The molecule has 1 aromatic carbocycles. The Bertz CT molecular complexity index is 852. The number of carbonyl (C=O) groups is 2. The lowest BCUT2D eigenvalue weighted by atomic mass is 9.95. The zero-order chi connectivity index (χ0) is 20.1. The number of carbonyl (C=O) groups excluding carboxylic acids is 2. The molecule has 2 aromatic rings. The van der Waals surface area contributed by atoms with E-state index in [1.54, 1.807) is 23.1 Å². The van der Waals surface area contributed by atoms with Crippen molar-refractivity contribution in [3.63, 3.8) is 0 Å².